The van der Waals surface area contributed by atoms with Crippen LogP contribution in [0.15, 0.2) is 28.8 Å². The molecule has 0 aliphatic carbocycles. The summed E-state index contributed by atoms with van der Waals surface area (Å²) >= 11 is 13.2. The van der Waals surface area contributed by atoms with Gasteiger partial charge >= 0.3 is 5.97 Å². The summed E-state index contributed by atoms with van der Waals surface area (Å²) < 4.78 is 5.07. The topological polar surface area (TPSA) is 79.2 Å². The number of nitriles is 1. The molecule has 0 unspecified atom stereocenters. The fraction of sp³-hybridized carbons (Fsp3) is 0.353. The molecule has 1 heterocycles. The first-order chi connectivity index (χ1) is 11.8. The van der Waals surface area contributed by atoms with Gasteiger partial charge in [-0.05, 0) is 31.5 Å². The minimum absolute atomic E-state index is 0.0000430. The van der Waals surface area contributed by atoms with E-state index in [0.717, 1.165) is 11.8 Å². The number of nitrogens with zero attached hydrogens (tertiary/aromatic N) is 1. The molecule has 1 aromatic rings. The Bertz CT molecular complexity index is 772. The summed E-state index contributed by atoms with van der Waals surface area (Å²) in [5.74, 6) is -1.13. The van der Waals surface area contributed by atoms with Crippen molar-refractivity contribution in [2.24, 2.45) is 0 Å². The number of carbonyl (C=O) groups excluding carboxylic acids is 2. The van der Waals surface area contributed by atoms with E-state index in [1.165, 1.54) is 0 Å². The number of allylic oxidation sites excluding steroid dienone is 1. The number of thioether (sulfide) groups is 1. The van der Waals surface area contributed by atoms with Crippen molar-refractivity contribution in [3.05, 3.63) is 44.4 Å². The Morgan fingerprint density at radius 3 is 2.80 bits per heavy atom. The molecule has 5 nitrogen and oxygen atoms in total. The number of esters is 1. The molecule has 0 saturated heterocycles. The van der Waals surface area contributed by atoms with E-state index in [9.17, 15) is 14.9 Å². The number of halogens is 2. The summed E-state index contributed by atoms with van der Waals surface area (Å²) in [6.45, 7) is 3.51. The summed E-state index contributed by atoms with van der Waals surface area (Å²) in [7, 11) is 0. The van der Waals surface area contributed by atoms with E-state index in [1.807, 2.05) is 0 Å². The Morgan fingerprint density at radius 2 is 2.20 bits per heavy atom. The highest BCUT2D eigenvalue weighted by Crippen LogP contribution is 2.39. The molecular weight excluding hydrogens is 383 g/mol. The van der Waals surface area contributed by atoms with Crippen molar-refractivity contribution in [1.29, 1.82) is 5.26 Å². The van der Waals surface area contributed by atoms with Gasteiger partial charge in [-0.3, -0.25) is 9.59 Å². The first-order valence-corrected chi connectivity index (χ1v) is 9.27. The third kappa shape index (κ3) is 5.15. The second-order valence-electron chi connectivity index (χ2n) is 5.65. The van der Waals surface area contributed by atoms with Gasteiger partial charge < -0.3 is 10.1 Å². The van der Waals surface area contributed by atoms with Crippen LogP contribution in [0.25, 0.3) is 0 Å². The van der Waals surface area contributed by atoms with E-state index in [-0.39, 0.29) is 24.2 Å². The number of hydrogen-bond donors (Lipinski definition) is 1. The molecular formula is C17H16Cl2N2O3S. The Labute approximate surface area is 160 Å². The minimum Gasteiger partial charge on any atom is -0.462 e. The van der Waals surface area contributed by atoms with Gasteiger partial charge in [-0.25, -0.2) is 0 Å². The van der Waals surface area contributed by atoms with Crippen molar-refractivity contribution in [1.82, 2.24) is 5.32 Å². The van der Waals surface area contributed by atoms with E-state index in [4.69, 9.17) is 27.9 Å². The molecule has 0 spiro atoms. The fourth-order valence-electron chi connectivity index (χ4n) is 2.41. The van der Waals surface area contributed by atoms with E-state index in [2.05, 4.69) is 11.4 Å². The predicted molar refractivity (Wildman–Crippen MR) is 98.3 cm³/mol. The van der Waals surface area contributed by atoms with Crippen LogP contribution < -0.4 is 5.32 Å². The van der Waals surface area contributed by atoms with E-state index >= 15 is 0 Å². The average molecular weight is 399 g/mol. The molecule has 0 radical (unpaired) electrons. The van der Waals surface area contributed by atoms with Gasteiger partial charge in [0, 0.05) is 22.4 Å². The van der Waals surface area contributed by atoms with Gasteiger partial charge in [-0.2, -0.15) is 5.26 Å². The van der Waals surface area contributed by atoms with Crippen LogP contribution in [0.2, 0.25) is 10.0 Å². The highest BCUT2D eigenvalue weighted by Gasteiger charge is 2.31. The molecule has 0 bridgehead atoms. The van der Waals surface area contributed by atoms with Gasteiger partial charge in [0.25, 0.3) is 0 Å². The highest BCUT2D eigenvalue weighted by atomic mass is 35.5. The average Bonchev–Trinajstić information content (AvgIpc) is 2.51. The van der Waals surface area contributed by atoms with Gasteiger partial charge in [0.2, 0.25) is 5.91 Å². The van der Waals surface area contributed by atoms with Gasteiger partial charge in [0.05, 0.1) is 28.5 Å². The molecule has 8 heteroatoms. The second-order valence-corrected chi connectivity index (χ2v) is 7.48. The maximum Gasteiger partial charge on any atom is 0.316 e. The van der Waals surface area contributed by atoms with Crippen molar-refractivity contribution in [3.8, 4) is 6.07 Å². The zero-order valence-corrected chi connectivity index (χ0v) is 16.0. The monoisotopic (exact) mass is 398 g/mol. The number of nitrogens with one attached hydrogen (secondary N) is 1. The summed E-state index contributed by atoms with van der Waals surface area (Å²) in [6.07, 6.45) is -0.121. The quantitative estimate of drug-likeness (QED) is 0.757. The molecule has 1 atom stereocenters. The van der Waals surface area contributed by atoms with Crippen LogP contribution in [-0.2, 0) is 14.3 Å². The maximum atomic E-state index is 12.1. The van der Waals surface area contributed by atoms with Crippen LogP contribution in [0.1, 0.15) is 31.7 Å². The zero-order chi connectivity index (χ0) is 18.6. The van der Waals surface area contributed by atoms with Gasteiger partial charge in [0.15, 0.2) is 0 Å². The first-order valence-electron chi connectivity index (χ1n) is 7.53. The Kier molecular flexibility index (Phi) is 6.77. The summed E-state index contributed by atoms with van der Waals surface area (Å²) in [4.78, 5) is 23.8. The number of benzene rings is 1. The van der Waals surface area contributed by atoms with Crippen molar-refractivity contribution < 1.29 is 14.3 Å². The first kappa shape index (κ1) is 19.6. The fourth-order valence-corrected chi connectivity index (χ4v) is 3.81. The molecule has 1 aromatic carbocycles. The van der Waals surface area contributed by atoms with Crippen LogP contribution in [0.4, 0.5) is 0 Å². The van der Waals surface area contributed by atoms with Crippen LogP contribution in [0.3, 0.4) is 0 Å². The van der Waals surface area contributed by atoms with Crippen molar-refractivity contribution in [2.45, 2.75) is 32.3 Å². The normalized spacial score (nSPS) is 17.3. The van der Waals surface area contributed by atoms with Crippen molar-refractivity contribution in [2.75, 3.05) is 5.75 Å². The highest BCUT2D eigenvalue weighted by molar-refractivity contribution is 8.03. The number of rotatable bonds is 5. The molecule has 25 heavy (non-hydrogen) atoms. The summed E-state index contributed by atoms with van der Waals surface area (Å²) in [5.41, 5.74) is 1.02. The smallest absolute Gasteiger partial charge is 0.316 e. The lowest BCUT2D eigenvalue weighted by molar-refractivity contribution is -0.144. The van der Waals surface area contributed by atoms with E-state index < -0.39 is 11.9 Å². The van der Waals surface area contributed by atoms with Gasteiger partial charge in [-0.15, -0.1) is 0 Å². The lowest BCUT2D eigenvalue weighted by Gasteiger charge is -2.25. The number of carbonyl (C=O) groups is 2. The maximum absolute atomic E-state index is 12.1. The molecule has 0 fully saturated rings. The zero-order valence-electron chi connectivity index (χ0n) is 13.6. The molecule has 1 amide bonds. The Balaban J connectivity index is 2.29. The van der Waals surface area contributed by atoms with Gasteiger partial charge in [-0.1, -0.05) is 41.0 Å². The molecule has 1 N–H and O–H groups in total. The molecule has 1 aliphatic heterocycles. The second kappa shape index (κ2) is 8.61. The van der Waals surface area contributed by atoms with E-state index in [0.29, 0.717) is 26.2 Å². The van der Waals surface area contributed by atoms with Crippen LogP contribution in [0, 0.1) is 11.3 Å². The summed E-state index contributed by atoms with van der Waals surface area (Å²) in [5, 5.41) is 13.5. The predicted octanol–water partition coefficient (Wildman–Crippen LogP) is 4.02. The third-order valence-corrected chi connectivity index (χ3v) is 4.95. The van der Waals surface area contributed by atoms with Crippen LogP contribution in [-0.4, -0.2) is 23.7 Å². The standard InChI is InChI=1S/C17H16Cl2N2O3S/c1-9(2)24-16(23)8-25-17-13(7-20)12(6-15(22)21-17)11-4-3-10(18)5-14(11)19/h3-5,9,12H,6,8H2,1-2H3,(H,21,22)/t12-/m1/s1. The SMILES string of the molecule is CC(C)OC(=O)CSC1=C(C#N)[C@@H](c2ccc(Cl)cc2Cl)CC(=O)N1. The number of ether oxygens (including phenoxy) is 1. The number of amides is 1. The van der Waals surface area contributed by atoms with Gasteiger partial charge in [0.1, 0.15) is 0 Å². The summed E-state index contributed by atoms with van der Waals surface area (Å²) in [6, 6.07) is 7.08. The Morgan fingerprint density at radius 1 is 1.48 bits per heavy atom. The molecule has 1 aliphatic rings. The van der Waals surface area contributed by atoms with Crippen LogP contribution >= 0.6 is 35.0 Å². The van der Waals surface area contributed by atoms with Crippen molar-refractivity contribution >= 4 is 46.8 Å². The molecule has 132 valence electrons. The lowest BCUT2D eigenvalue weighted by atomic mass is 9.87. The Hall–Kier alpha value is -1.68. The molecule has 0 aromatic heterocycles. The largest absolute Gasteiger partial charge is 0.462 e. The van der Waals surface area contributed by atoms with Crippen molar-refractivity contribution in [3.63, 3.8) is 0 Å². The van der Waals surface area contributed by atoms with Crippen LogP contribution in [0.5, 0.6) is 0 Å². The molecule has 0 saturated carbocycles. The van der Waals surface area contributed by atoms with E-state index in [1.54, 1.807) is 32.0 Å². The lowest BCUT2D eigenvalue weighted by Crippen LogP contribution is -2.31. The molecule has 2 rings (SSSR count). The minimum atomic E-state index is -0.480. The third-order valence-electron chi connectivity index (χ3n) is 3.40. The number of hydrogen-bond acceptors (Lipinski definition) is 5.